The number of nitrogens with one attached hydrogen (secondary N) is 1. The van der Waals surface area contributed by atoms with Gasteiger partial charge in [0.15, 0.2) is 0 Å². The maximum Gasteiger partial charge on any atom is 0.259 e. The molecule has 0 saturated heterocycles. The van der Waals surface area contributed by atoms with E-state index < -0.39 is 0 Å². The van der Waals surface area contributed by atoms with Gasteiger partial charge >= 0.3 is 0 Å². The van der Waals surface area contributed by atoms with Crippen LogP contribution in [0.2, 0.25) is 0 Å². The Labute approximate surface area is 175 Å². The van der Waals surface area contributed by atoms with Crippen LogP contribution in [0.25, 0.3) is 33.6 Å². The van der Waals surface area contributed by atoms with Gasteiger partial charge in [0.05, 0.1) is 16.6 Å². The summed E-state index contributed by atoms with van der Waals surface area (Å²) in [6, 6.07) is 19.5. The number of carbonyl (C=O) groups excluding carboxylic acids is 1. The van der Waals surface area contributed by atoms with E-state index >= 15 is 0 Å². The van der Waals surface area contributed by atoms with Crippen LogP contribution in [0, 0.1) is 6.92 Å². The second kappa shape index (κ2) is 8.47. The van der Waals surface area contributed by atoms with Crippen molar-refractivity contribution >= 4 is 17.0 Å². The summed E-state index contributed by atoms with van der Waals surface area (Å²) in [5.74, 6) is -0.169. The Morgan fingerprint density at radius 1 is 1.03 bits per heavy atom. The van der Waals surface area contributed by atoms with Crippen LogP contribution < -0.4 is 5.32 Å². The highest BCUT2D eigenvalue weighted by atomic mass is 16.5. The van der Waals surface area contributed by atoms with Gasteiger partial charge in [-0.2, -0.15) is 0 Å². The molecule has 6 nitrogen and oxygen atoms in total. The molecule has 1 amide bonds. The van der Waals surface area contributed by atoms with Crippen molar-refractivity contribution in [2.24, 2.45) is 0 Å². The quantitative estimate of drug-likeness (QED) is 0.526. The molecule has 0 spiro atoms. The maximum atomic E-state index is 13.1. The topological polar surface area (TPSA) is 71.3 Å². The number of fused-ring (bicyclic) bond motifs is 1. The molecule has 0 unspecified atom stereocenters. The number of rotatable bonds is 6. The molecule has 0 bridgehead atoms. The number of hydrogen-bond acceptors (Lipinski definition) is 5. The summed E-state index contributed by atoms with van der Waals surface area (Å²) >= 11 is 0. The van der Waals surface area contributed by atoms with Crippen LogP contribution in [0.5, 0.6) is 0 Å². The molecule has 4 rings (SSSR count). The van der Waals surface area contributed by atoms with Crippen LogP contribution >= 0.6 is 0 Å². The second-order valence-corrected chi connectivity index (χ2v) is 7.56. The van der Waals surface area contributed by atoms with Gasteiger partial charge < -0.3 is 14.7 Å². The SMILES string of the molecule is Cc1ccc(-c2noc3nc(-c4ccccc4)cc(C(=O)NCCN(C)C)c23)cc1. The van der Waals surface area contributed by atoms with E-state index in [1.807, 2.05) is 86.6 Å². The Bertz CT molecular complexity index is 1170. The largest absolute Gasteiger partial charge is 0.351 e. The van der Waals surface area contributed by atoms with Crippen LogP contribution in [-0.2, 0) is 0 Å². The number of carbonyl (C=O) groups is 1. The van der Waals surface area contributed by atoms with Crippen LogP contribution in [0.3, 0.4) is 0 Å². The molecule has 0 aliphatic heterocycles. The maximum absolute atomic E-state index is 13.1. The lowest BCUT2D eigenvalue weighted by molar-refractivity contribution is 0.0952. The van der Waals surface area contributed by atoms with E-state index in [1.54, 1.807) is 0 Å². The van der Waals surface area contributed by atoms with Crippen molar-refractivity contribution in [2.75, 3.05) is 27.2 Å². The number of hydrogen-bond donors (Lipinski definition) is 1. The fourth-order valence-corrected chi connectivity index (χ4v) is 3.28. The van der Waals surface area contributed by atoms with Gasteiger partial charge in [0.1, 0.15) is 5.69 Å². The van der Waals surface area contributed by atoms with Gasteiger partial charge in [-0.05, 0) is 27.1 Å². The van der Waals surface area contributed by atoms with Crippen LogP contribution in [-0.4, -0.2) is 48.1 Å². The van der Waals surface area contributed by atoms with Crippen LogP contribution in [0.15, 0.2) is 65.2 Å². The Hall–Kier alpha value is -3.51. The summed E-state index contributed by atoms with van der Waals surface area (Å²) in [5, 5.41) is 7.88. The molecule has 152 valence electrons. The molecule has 0 radical (unpaired) electrons. The van der Waals surface area contributed by atoms with Gasteiger partial charge in [0.25, 0.3) is 11.6 Å². The molecule has 0 aliphatic rings. The van der Waals surface area contributed by atoms with Gasteiger partial charge in [-0.15, -0.1) is 0 Å². The zero-order valence-electron chi connectivity index (χ0n) is 17.3. The first kappa shape index (κ1) is 19.8. The standard InChI is InChI=1S/C24H24N4O2/c1-16-9-11-18(12-10-16)22-21-19(23(29)25-13-14-28(2)3)15-20(26-24(21)30-27-22)17-7-5-4-6-8-17/h4-12,15H,13-14H2,1-3H3,(H,25,29). The summed E-state index contributed by atoms with van der Waals surface area (Å²) in [6.45, 7) is 3.32. The Balaban J connectivity index is 1.84. The Kier molecular flexibility index (Phi) is 5.59. The second-order valence-electron chi connectivity index (χ2n) is 7.56. The third-order valence-electron chi connectivity index (χ3n) is 4.93. The predicted molar refractivity (Wildman–Crippen MR) is 118 cm³/mol. The van der Waals surface area contributed by atoms with Crippen molar-refractivity contribution in [3.8, 4) is 22.5 Å². The molecule has 0 fully saturated rings. The first-order chi connectivity index (χ1) is 14.5. The monoisotopic (exact) mass is 400 g/mol. The first-order valence-electron chi connectivity index (χ1n) is 9.89. The zero-order chi connectivity index (χ0) is 21.1. The molecule has 0 aliphatic carbocycles. The fraction of sp³-hybridized carbons (Fsp3) is 0.208. The highest BCUT2D eigenvalue weighted by molar-refractivity contribution is 6.10. The predicted octanol–water partition coefficient (Wildman–Crippen LogP) is 4.16. The molecule has 2 aromatic carbocycles. The lowest BCUT2D eigenvalue weighted by Gasteiger charge is -2.12. The van der Waals surface area contributed by atoms with Gasteiger partial charge in [0.2, 0.25) is 0 Å². The molecule has 2 heterocycles. The molecular formula is C24H24N4O2. The third kappa shape index (κ3) is 4.09. The van der Waals surface area contributed by atoms with Crippen LogP contribution in [0.4, 0.5) is 0 Å². The highest BCUT2D eigenvalue weighted by Crippen LogP contribution is 2.32. The van der Waals surface area contributed by atoms with Crippen molar-refractivity contribution < 1.29 is 9.32 Å². The normalized spacial score (nSPS) is 11.2. The van der Waals surface area contributed by atoms with E-state index in [-0.39, 0.29) is 5.91 Å². The number of aryl methyl sites for hydroxylation is 1. The minimum atomic E-state index is -0.169. The first-order valence-corrected chi connectivity index (χ1v) is 9.89. The Morgan fingerprint density at radius 3 is 2.47 bits per heavy atom. The minimum Gasteiger partial charge on any atom is -0.351 e. The van der Waals surface area contributed by atoms with Gasteiger partial charge in [-0.25, -0.2) is 4.98 Å². The number of benzene rings is 2. The summed E-state index contributed by atoms with van der Waals surface area (Å²) in [7, 11) is 3.94. The number of nitrogens with zero attached hydrogens (tertiary/aromatic N) is 3. The third-order valence-corrected chi connectivity index (χ3v) is 4.93. The number of amides is 1. The number of aromatic nitrogens is 2. The van der Waals surface area contributed by atoms with Crippen molar-refractivity contribution in [3.63, 3.8) is 0 Å². The molecule has 4 aromatic rings. The van der Waals surface area contributed by atoms with Crippen LogP contribution in [0.1, 0.15) is 15.9 Å². The van der Waals surface area contributed by atoms with E-state index in [1.165, 1.54) is 0 Å². The lowest BCUT2D eigenvalue weighted by atomic mass is 10.0. The summed E-state index contributed by atoms with van der Waals surface area (Å²) in [5.41, 5.74) is 5.10. The molecule has 1 N–H and O–H groups in total. The lowest BCUT2D eigenvalue weighted by Crippen LogP contribution is -2.31. The molecule has 2 aromatic heterocycles. The van der Waals surface area contributed by atoms with Crippen molar-refractivity contribution in [1.82, 2.24) is 20.4 Å². The highest BCUT2D eigenvalue weighted by Gasteiger charge is 2.22. The zero-order valence-corrected chi connectivity index (χ0v) is 17.3. The Morgan fingerprint density at radius 2 is 1.77 bits per heavy atom. The van der Waals surface area contributed by atoms with Gasteiger partial charge in [-0.3, -0.25) is 4.79 Å². The van der Waals surface area contributed by atoms with Gasteiger partial charge in [-0.1, -0.05) is 65.3 Å². The van der Waals surface area contributed by atoms with Crippen molar-refractivity contribution in [2.45, 2.75) is 6.92 Å². The van der Waals surface area contributed by atoms with E-state index in [9.17, 15) is 4.79 Å². The van der Waals surface area contributed by atoms with E-state index in [4.69, 9.17) is 4.52 Å². The minimum absolute atomic E-state index is 0.169. The summed E-state index contributed by atoms with van der Waals surface area (Å²) < 4.78 is 5.58. The van der Waals surface area contributed by atoms with E-state index in [0.717, 1.165) is 23.2 Å². The molecule has 6 heteroatoms. The molecule has 0 saturated carbocycles. The molecule has 30 heavy (non-hydrogen) atoms. The smallest absolute Gasteiger partial charge is 0.259 e. The fourth-order valence-electron chi connectivity index (χ4n) is 3.28. The average Bonchev–Trinajstić information content (AvgIpc) is 3.18. The number of likely N-dealkylation sites (N-methyl/N-ethyl adjacent to an activating group) is 1. The van der Waals surface area contributed by atoms with Crippen molar-refractivity contribution in [1.29, 1.82) is 0 Å². The molecule has 0 atom stereocenters. The molecular weight excluding hydrogens is 376 g/mol. The summed E-state index contributed by atoms with van der Waals surface area (Å²) in [6.07, 6.45) is 0. The van der Waals surface area contributed by atoms with Crippen molar-refractivity contribution in [3.05, 3.63) is 71.8 Å². The van der Waals surface area contributed by atoms with E-state index in [0.29, 0.717) is 34.6 Å². The van der Waals surface area contributed by atoms with E-state index in [2.05, 4.69) is 15.5 Å². The number of pyridine rings is 1. The summed E-state index contributed by atoms with van der Waals surface area (Å²) in [4.78, 5) is 19.8. The van der Waals surface area contributed by atoms with Gasteiger partial charge in [0, 0.05) is 24.2 Å². The average molecular weight is 400 g/mol.